The second kappa shape index (κ2) is 6.98. The summed E-state index contributed by atoms with van der Waals surface area (Å²) >= 11 is 5.70. The van der Waals surface area contributed by atoms with E-state index in [2.05, 4.69) is 5.32 Å². The van der Waals surface area contributed by atoms with Gasteiger partial charge in [-0.2, -0.15) is 0 Å². The summed E-state index contributed by atoms with van der Waals surface area (Å²) in [6, 6.07) is 14.9. The normalized spacial score (nSPS) is 25.2. The number of benzene rings is 2. The number of para-hydroxylation sites is 3. The van der Waals surface area contributed by atoms with Gasteiger partial charge in [-0.1, -0.05) is 30.3 Å². The van der Waals surface area contributed by atoms with E-state index >= 15 is 0 Å². The number of carbonyl (C=O) groups is 1. The molecule has 146 valence electrons. The number of hydrogen-bond donors (Lipinski definition) is 1. The maximum atomic E-state index is 13.0. The molecule has 28 heavy (non-hydrogen) atoms. The minimum atomic E-state index is -1.08. The summed E-state index contributed by atoms with van der Waals surface area (Å²) in [5, 5.41) is 3.80. The van der Waals surface area contributed by atoms with Gasteiger partial charge in [0, 0.05) is 5.56 Å². The Hall–Kier alpha value is -2.80. The van der Waals surface area contributed by atoms with Gasteiger partial charge in [0.2, 0.25) is 5.72 Å². The molecule has 7 heteroatoms. The maximum Gasteiger partial charge on any atom is 0.317 e. The standard InChI is InChI=1S/C21H22N2O4S/c1-4-26-19(24)17-18-13-9-5-7-11-15(13)27-21(17,2)23(20(28)22-18)14-10-6-8-12-16(14)25-3/h5-12,17-18H,4H2,1-3H3,(H,22,28)/t17-,18+,21+/m1/s1. The maximum absolute atomic E-state index is 13.0. The SMILES string of the molecule is CCOC(=O)[C@H]1[C@H]2NC(=S)N(c3ccccc3OC)[C@@]1(C)Oc1ccccc12. The van der Waals surface area contributed by atoms with Crippen molar-refractivity contribution in [2.24, 2.45) is 5.92 Å². The van der Waals surface area contributed by atoms with Gasteiger partial charge < -0.3 is 19.5 Å². The van der Waals surface area contributed by atoms with Crippen LogP contribution in [0.15, 0.2) is 48.5 Å². The molecule has 2 aliphatic rings. The van der Waals surface area contributed by atoms with Crippen LogP contribution in [0.2, 0.25) is 0 Å². The summed E-state index contributed by atoms with van der Waals surface area (Å²) in [6.45, 7) is 3.96. The zero-order chi connectivity index (χ0) is 19.9. The molecule has 0 spiro atoms. The third-order valence-electron chi connectivity index (χ3n) is 5.27. The lowest BCUT2D eigenvalue weighted by Crippen LogP contribution is -2.71. The number of anilines is 1. The van der Waals surface area contributed by atoms with Crippen LogP contribution in [-0.4, -0.2) is 30.5 Å². The summed E-state index contributed by atoms with van der Waals surface area (Å²) in [4.78, 5) is 14.8. The van der Waals surface area contributed by atoms with Gasteiger partial charge in [-0.25, -0.2) is 0 Å². The highest BCUT2D eigenvalue weighted by Gasteiger charge is 2.60. The van der Waals surface area contributed by atoms with Crippen LogP contribution >= 0.6 is 12.2 Å². The van der Waals surface area contributed by atoms with Gasteiger partial charge in [0.25, 0.3) is 0 Å². The van der Waals surface area contributed by atoms with Gasteiger partial charge >= 0.3 is 5.97 Å². The molecule has 0 saturated carbocycles. The second-order valence-corrected chi connectivity index (χ2v) is 7.25. The third kappa shape index (κ3) is 2.69. The lowest BCUT2D eigenvalue weighted by atomic mass is 9.79. The van der Waals surface area contributed by atoms with Crippen LogP contribution < -0.4 is 19.7 Å². The second-order valence-electron chi connectivity index (χ2n) is 6.86. The Bertz CT molecular complexity index is 934. The van der Waals surface area contributed by atoms with Gasteiger partial charge in [-0.3, -0.25) is 9.69 Å². The minimum Gasteiger partial charge on any atom is -0.495 e. The van der Waals surface area contributed by atoms with Gasteiger partial charge in [0.15, 0.2) is 5.11 Å². The summed E-state index contributed by atoms with van der Waals surface area (Å²) in [5.41, 5.74) is 0.527. The van der Waals surface area contributed by atoms with E-state index in [0.717, 1.165) is 11.3 Å². The number of methoxy groups -OCH3 is 1. The summed E-state index contributed by atoms with van der Waals surface area (Å²) < 4.78 is 17.4. The monoisotopic (exact) mass is 398 g/mol. The Kier molecular flexibility index (Phi) is 4.63. The number of nitrogens with zero attached hydrogens (tertiary/aromatic N) is 1. The Morgan fingerprint density at radius 2 is 1.96 bits per heavy atom. The van der Waals surface area contributed by atoms with Gasteiger partial charge in [0.05, 0.1) is 25.4 Å². The summed E-state index contributed by atoms with van der Waals surface area (Å²) in [5.74, 6) is 0.389. The van der Waals surface area contributed by atoms with E-state index in [9.17, 15) is 4.79 Å². The predicted octanol–water partition coefficient (Wildman–Crippen LogP) is 3.42. The van der Waals surface area contributed by atoms with Crippen molar-refractivity contribution in [1.29, 1.82) is 0 Å². The number of carbonyl (C=O) groups excluding carboxylic acids is 1. The van der Waals surface area contributed by atoms with E-state index < -0.39 is 11.6 Å². The highest BCUT2D eigenvalue weighted by molar-refractivity contribution is 7.80. The summed E-state index contributed by atoms with van der Waals surface area (Å²) in [6.07, 6.45) is 0. The first-order valence-corrected chi connectivity index (χ1v) is 9.60. The van der Waals surface area contributed by atoms with Crippen LogP contribution in [0.1, 0.15) is 25.5 Å². The summed E-state index contributed by atoms with van der Waals surface area (Å²) in [7, 11) is 1.60. The van der Waals surface area contributed by atoms with E-state index in [1.165, 1.54) is 0 Å². The van der Waals surface area contributed by atoms with Crippen molar-refractivity contribution in [3.8, 4) is 11.5 Å². The molecule has 0 radical (unpaired) electrons. The van der Waals surface area contributed by atoms with Crippen molar-refractivity contribution < 1.29 is 19.0 Å². The highest BCUT2D eigenvalue weighted by Crippen LogP contribution is 2.50. The number of nitrogens with one attached hydrogen (secondary N) is 1. The lowest BCUT2D eigenvalue weighted by molar-refractivity contribution is -0.159. The third-order valence-corrected chi connectivity index (χ3v) is 5.57. The highest BCUT2D eigenvalue weighted by atomic mass is 32.1. The zero-order valence-electron chi connectivity index (χ0n) is 16.0. The number of rotatable bonds is 4. The smallest absolute Gasteiger partial charge is 0.317 e. The number of fused-ring (bicyclic) bond motifs is 4. The molecule has 0 aliphatic carbocycles. The molecule has 1 fully saturated rings. The van der Waals surface area contributed by atoms with Gasteiger partial charge in [-0.05, 0) is 44.3 Å². The molecule has 1 saturated heterocycles. The molecule has 2 aromatic carbocycles. The van der Waals surface area contributed by atoms with Crippen LogP contribution in [0.5, 0.6) is 11.5 Å². The number of esters is 1. The molecule has 0 amide bonds. The van der Waals surface area contributed by atoms with E-state index in [1.54, 1.807) is 14.0 Å². The van der Waals surface area contributed by atoms with Crippen LogP contribution in [-0.2, 0) is 9.53 Å². The first-order valence-electron chi connectivity index (χ1n) is 9.19. The van der Waals surface area contributed by atoms with E-state index in [0.29, 0.717) is 23.2 Å². The number of thiocarbonyl (C=S) groups is 1. The average Bonchev–Trinajstić information content (AvgIpc) is 2.67. The van der Waals surface area contributed by atoms with Gasteiger partial charge in [0.1, 0.15) is 17.4 Å². The quantitative estimate of drug-likeness (QED) is 0.625. The molecule has 6 nitrogen and oxygen atoms in total. The van der Waals surface area contributed by atoms with Crippen LogP contribution in [0.4, 0.5) is 5.69 Å². The number of ether oxygens (including phenoxy) is 3. The van der Waals surface area contributed by atoms with Crippen molar-refractivity contribution in [2.45, 2.75) is 25.6 Å². The molecular weight excluding hydrogens is 376 g/mol. The van der Waals surface area contributed by atoms with Crippen molar-refractivity contribution in [2.75, 3.05) is 18.6 Å². The molecule has 1 N–H and O–H groups in total. The Labute approximate surface area is 169 Å². The Morgan fingerprint density at radius 3 is 2.71 bits per heavy atom. The first-order chi connectivity index (χ1) is 13.5. The minimum absolute atomic E-state index is 0.291. The van der Waals surface area contributed by atoms with Gasteiger partial charge in [-0.15, -0.1) is 0 Å². The van der Waals surface area contributed by atoms with Crippen molar-refractivity contribution >= 4 is 29.0 Å². The molecule has 3 atom stereocenters. The van der Waals surface area contributed by atoms with Crippen LogP contribution in [0, 0.1) is 5.92 Å². The average molecular weight is 398 g/mol. The molecule has 0 unspecified atom stereocenters. The van der Waals surface area contributed by atoms with Crippen LogP contribution in [0.3, 0.4) is 0 Å². The fraction of sp³-hybridized carbons (Fsp3) is 0.333. The van der Waals surface area contributed by atoms with E-state index in [4.69, 9.17) is 26.4 Å². The van der Waals surface area contributed by atoms with Crippen LogP contribution in [0.25, 0.3) is 0 Å². The zero-order valence-corrected chi connectivity index (χ0v) is 16.8. The topological polar surface area (TPSA) is 60.0 Å². The molecule has 4 rings (SSSR count). The fourth-order valence-electron chi connectivity index (χ4n) is 4.10. The molecular formula is C21H22N2O4S. The predicted molar refractivity (Wildman–Crippen MR) is 110 cm³/mol. The molecule has 2 aliphatic heterocycles. The molecule has 2 bridgehead atoms. The lowest BCUT2D eigenvalue weighted by Gasteiger charge is -2.55. The largest absolute Gasteiger partial charge is 0.495 e. The molecule has 2 aromatic rings. The molecule has 2 heterocycles. The first kappa shape index (κ1) is 18.6. The van der Waals surface area contributed by atoms with Crippen molar-refractivity contribution in [3.05, 3.63) is 54.1 Å². The Balaban J connectivity index is 1.91. The van der Waals surface area contributed by atoms with E-state index in [-0.39, 0.29) is 12.0 Å². The fourth-order valence-corrected chi connectivity index (χ4v) is 4.51. The number of hydrogen-bond acceptors (Lipinski definition) is 5. The van der Waals surface area contributed by atoms with Crippen molar-refractivity contribution in [3.63, 3.8) is 0 Å². The Morgan fingerprint density at radius 1 is 1.25 bits per heavy atom. The van der Waals surface area contributed by atoms with E-state index in [1.807, 2.05) is 60.4 Å². The van der Waals surface area contributed by atoms with Crippen molar-refractivity contribution in [1.82, 2.24) is 5.32 Å². The molecule has 0 aromatic heterocycles.